The van der Waals surface area contributed by atoms with Crippen LogP contribution in [-0.4, -0.2) is 22.8 Å². The summed E-state index contributed by atoms with van der Waals surface area (Å²) in [5.41, 5.74) is 3.96. The number of rotatable bonds is 0. The molecule has 1 fully saturated rings. The summed E-state index contributed by atoms with van der Waals surface area (Å²) in [4.78, 5) is 0. The molecule has 3 nitrogen and oxygen atoms in total. The molecule has 2 atom stereocenters. The maximum Gasteiger partial charge on any atom is 0.0719 e. The van der Waals surface area contributed by atoms with Gasteiger partial charge in [0.1, 0.15) is 0 Å². The second-order valence-corrected chi connectivity index (χ2v) is 4.95. The number of aromatic nitrogens is 2. The lowest BCUT2D eigenvalue weighted by molar-refractivity contribution is 0.343. The van der Waals surface area contributed by atoms with Crippen LogP contribution in [0.25, 0.3) is 10.9 Å². The van der Waals surface area contributed by atoms with Crippen LogP contribution >= 0.6 is 0 Å². The van der Waals surface area contributed by atoms with Crippen LogP contribution in [-0.2, 0) is 6.42 Å². The molecule has 1 aromatic carbocycles. The van der Waals surface area contributed by atoms with E-state index in [2.05, 4.69) is 33.7 Å². The molecule has 1 aliphatic heterocycles. The number of nitrogens with zero attached hydrogens (tertiary/aromatic N) is 1. The van der Waals surface area contributed by atoms with Gasteiger partial charge in [0.15, 0.2) is 0 Å². The Kier molecular flexibility index (Phi) is 1.68. The van der Waals surface area contributed by atoms with Crippen LogP contribution in [0.15, 0.2) is 18.2 Å². The van der Waals surface area contributed by atoms with Gasteiger partial charge in [-0.15, -0.1) is 0 Å². The summed E-state index contributed by atoms with van der Waals surface area (Å²) in [6.45, 7) is 1.16. The van der Waals surface area contributed by atoms with Gasteiger partial charge in [-0.05, 0) is 31.0 Å². The third kappa shape index (κ3) is 1.04. The van der Waals surface area contributed by atoms with Gasteiger partial charge in [0.05, 0.1) is 11.2 Å². The minimum atomic E-state index is 0.607. The van der Waals surface area contributed by atoms with Crippen molar-refractivity contribution in [1.29, 1.82) is 0 Å². The van der Waals surface area contributed by atoms with Gasteiger partial charge in [-0.25, -0.2) is 0 Å². The van der Waals surface area contributed by atoms with E-state index in [9.17, 15) is 0 Å². The van der Waals surface area contributed by atoms with E-state index in [1.54, 1.807) is 0 Å². The molecule has 4 rings (SSSR count). The van der Waals surface area contributed by atoms with Gasteiger partial charge in [-0.1, -0.05) is 12.1 Å². The van der Waals surface area contributed by atoms with E-state index in [-0.39, 0.29) is 0 Å². The van der Waals surface area contributed by atoms with Crippen molar-refractivity contribution in [3.05, 3.63) is 29.5 Å². The zero-order valence-electron chi connectivity index (χ0n) is 9.16. The molecule has 0 bridgehead atoms. The molecular weight excluding hydrogens is 198 g/mol. The molecule has 0 amide bonds. The maximum absolute atomic E-state index is 4.45. The normalized spacial score (nSPS) is 28.0. The fraction of sp³-hybridized carbons (Fsp3) is 0.462. The summed E-state index contributed by atoms with van der Waals surface area (Å²) >= 11 is 0. The molecular formula is C13H15N3. The molecule has 3 heteroatoms. The van der Waals surface area contributed by atoms with Crippen LogP contribution in [0.2, 0.25) is 0 Å². The number of piperidine rings is 1. The second kappa shape index (κ2) is 3.08. The molecule has 2 aromatic rings. The first-order chi connectivity index (χ1) is 7.93. The molecule has 0 radical (unpaired) electrons. The number of hydrogen-bond donors (Lipinski definition) is 2. The lowest BCUT2D eigenvalue weighted by Crippen LogP contribution is -2.43. The van der Waals surface area contributed by atoms with Gasteiger partial charge in [0.25, 0.3) is 0 Å². The van der Waals surface area contributed by atoms with E-state index in [0.717, 1.165) is 13.0 Å². The average molecular weight is 213 g/mol. The Morgan fingerprint density at radius 2 is 2.31 bits per heavy atom. The predicted molar refractivity (Wildman–Crippen MR) is 63.6 cm³/mol. The van der Waals surface area contributed by atoms with E-state index in [0.29, 0.717) is 12.0 Å². The van der Waals surface area contributed by atoms with Crippen molar-refractivity contribution in [2.24, 2.45) is 0 Å². The van der Waals surface area contributed by atoms with Gasteiger partial charge in [-0.2, -0.15) is 5.10 Å². The van der Waals surface area contributed by atoms with Crippen LogP contribution in [0.3, 0.4) is 0 Å². The molecule has 2 aliphatic rings. The molecule has 1 aromatic heterocycles. The van der Waals surface area contributed by atoms with E-state index in [1.165, 1.54) is 35.0 Å². The Morgan fingerprint density at radius 1 is 1.31 bits per heavy atom. The van der Waals surface area contributed by atoms with Crippen LogP contribution in [0.5, 0.6) is 0 Å². The molecule has 0 unspecified atom stereocenters. The highest BCUT2D eigenvalue weighted by molar-refractivity contribution is 5.86. The Hall–Kier alpha value is -1.35. The molecule has 1 aliphatic carbocycles. The van der Waals surface area contributed by atoms with Gasteiger partial charge in [0, 0.05) is 23.8 Å². The van der Waals surface area contributed by atoms with Gasteiger partial charge >= 0.3 is 0 Å². The topological polar surface area (TPSA) is 40.7 Å². The van der Waals surface area contributed by atoms with Crippen LogP contribution in [0.4, 0.5) is 0 Å². The summed E-state index contributed by atoms with van der Waals surface area (Å²) in [5.74, 6) is 0.697. The average Bonchev–Trinajstić information content (AvgIpc) is 2.75. The Balaban J connectivity index is 1.98. The first-order valence-corrected chi connectivity index (χ1v) is 6.13. The highest BCUT2D eigenvalue weighted by atomic mass is 15.1. The van der Waals surface area contributed by atoms with Gasteiger partial charge in [-0.3, -0.25) is 5.10 Å². The van der Waals surface area contributed by atoms with E-state index >= 15 is 0 Å². The fourth-order valence-electron chi connectivity index (χ4n) is 3.37. The van der Waals surface area contributed by atoms with E-state index < -0.39 is 0 Å². The van der Waals surface area contributed by atoms with Crippen molar-refractivity contribution in [3.8, 4) is 0 Å². The Morgan fingerprint density at radius 3 is 3.31 bits per heavy atom. The zero-order valence-corrected chi connectivity index (χ0v) is 9.16. The summed E-state index contributed by atoms with van der Waals surface area (Å²) in [7, 11) is 0. The summed E-state index contributed by atoms with van der Waals surface area (Å²) in [6.07, 6.45) is 3.70. The smallest absolute Gasteiger partial charge is 0.0719 e. The lowest BCUT2D eigenvalue weighted by atomic mass is 9.77. The van der Waals surface area contributed by atoms with E-state index in [4.69, 9.17) is 0 Å². The monoisotopic (exact) mass is 213 g/mol. The summed E-state index contributed by atoms with van der Waals surface area (Å²) < 4.78 is 0. The van der Waals surface area contributed by atoms with Crippen LogP contribution in [0, 0.1) is 0 Å². The van der Waals surface area contributed by atoms with Crippen molar-refractivity contribution in [3.63, 3.8) is 0 Å². The first kappa shape index (κ1) is 8.76. The minimum Gasteiger partial charge on any atom is -0.313 e. The van der Waals surface area contributed by atoms with Gasteiger partial charge < -0.3 is 5.32 Å². The van der Waals surface area contributed by atoms with Gasteiger partial charge in [0.2, 0.25) is 0 Å². The van der Waals surface area contributed by atoms with Crippen molar-refractivity contribution >= 4 is 10.9 Å². The van der Waals surface area contributed by atoms with Crippen LogP contribution in [0.1, 0.15) is 30.0 Å². The van der Waals surface area contributed by atoms with Crippen molar-refractivity contribution < 1.29 is 0 Å². The van der Waals surface area contributed by atoms with Crippen LogP contribution < -0.4 is 5.32 Å². The SMILES string of the molecule is c1cc2c3c(n[nH]c3c1)C[C@H]1NCCC[C@H]21. The van der Waals surface area contributed by atoms with Crippen molar-refractivity contribution in [2.45, 2.75) is 31.2 Å². The number of fused-ring (bicyclic) bond motifs is 2. The van der Waals surface area contributed by atoms with E-state index in [1.807, 2.05) is 0 Å². The Bertz CT molecular complexity index is 543. The van der Waals surface area contributed by atoms with Crippen molar-refractivity contribution in [1.82, 2.24) is 15.5 Å². The Labute approximate surface area is 94.2 Å². The standard InChI is InChI=1S/C13H15N3/c1-3-9-8-4-2-6-14-11(8)7-12-13(9)10(5-1)15-16-12/h1,3,5,8,11,14H,2,4,6-7H2,(H,15,16)/t8-,11-/m1/s1. The molecule has 2 N–H and O–H groups in total. The van der Waals surface area contributed by atoms with Crippen molar-refractivity contribution in [2.75, 3.05) is 6.54 Å². The summed E-state index contributed by atoms with van der Waals surface area (Å²) in [5, 5.41) is 12.6. The molecule has 16 heavy (non-hydrogen) atoms. The minimum absolute atomic E-state index is 0.607. The number of H-pyrrole nitrogens is 1. The third-order valence-corrected chi connectivity index (χ3v) is 4.09. The molecule has 0 saturated carbocycles. The molecule has 82 valence electrons. The third-order valence-electron chi connectivity index (χ3n) is 4.09. The highest BCUT2D eigenvalue weighted by Gasteiger charge is 2.33. The zero-order chi connectivity index (χ0) is 10.5. The quantitative estimate of drug-likeness (QED) is 0.702. The highest BCUT2D eigenvalue weighted by Crippen LogP contribution is 2.39. The molecule has 2 heterocycles. The number of aromatic amines is 1. The fourth-order valence-corrected chi connectivity index (χ4v) is 3.37. The first-order valence-electron chi connectivity index (χ1n) is 6.13. The largest absolute Gasteiger partial charge is 0.313 e. The number of nitrogens with one attached hydrogen (secondary N) is 2. The summed E-state index contributed by atoms with van der Waals surface area (Å²) in [6, 6.07) is 7.17. The number of hydrogen-bond acceptors (Lipinski definition) is 2. The molecule has 1 saturated heterocycles. The second-order valence-electron chi connectivity index (χ2n) is 4.95. The maximum atomic E-state index is 4.45. The number of benzene rings is 1. The predicted octanol–water partition coefficient (Wildman–Crippen LogP) is 1.95. The lowest BCUT2D eigenvalue weighted by Gasteiger charge is -2.36. The molecule has 0 spiro atoms.